The summed E-state index contributed by atoms with van der Waals surface area (Å²) in [4.78, 5) is 8.31. The third-order valence-electron chi connectivity index (χ3n) is 10.1. The van der Waals surface area contributed by atoms with Crippen LogP contribution in [0.15, 0.2) is 65.1 Å². The highest BCUT2D eigenvalue weighted by atomic mass is 32.1. The zero-order chi connectivity index (χ0) is 32.9. The van der Waals surface area contributed by atoms with Gasteiger partial charge in [-0.3, -0.25) is 0 Å². The summed E-state index contributed by atoms with van der Waals surface area (Å²) in [5.41, 5.74) is 7.04. The van der Waals surface area contributed by atoms with Crippen LogP contribution in [0.3, 0.4) is 0 Å². The SMILES string of the molecule is CC(C)c1ccc2[nH]c(C(C)(C)CC(C)c3ccc4oc(C(C)CCC(C)c5ccc6sc(C(C)C)nc6c5)cc4c3)c(F)c2c1. The number of furan rings is 1. The first-order valence-corrected chi connectivity index (χ1v) is 17.9. The summed E-state index contributed by atoms with van der Waals surface area (Å²) in [6, 6.07) is 21.7. The lowest BCUT2D eigenvalue weighted by atomic mass is 9.78. The van der Waals surface area contributed by atoms with E-state index < -0.39 is 0 Å². The van der Waals surface area contributed by atoms with Crippen LogP contribution in [0.25, 0.3) is 32.1 Å². The van der Waals surface area contributed by atoms with Crippen molar-refractivity contribution in [3.8, 4) is 0 Å². The second-order valence-corrected chi connectivity index (χ2v) is 16.1. The van der Waals surface area contributed by atoms with E-state index in [-0.39, 0.29) is 17.2 Å². The number of rotatable bonds is 11. The fourth-order valence-corrected chi connectivity index (χ4v) is 7.89. The molecule has 6 aromatic rings. The van der Waals surface area contributed by atoms with Gasteiger partial charge in [-0.1, -0.05) is 80.5 Å². The molecule has 6 rings (SSSR count). The van der Waals surface area contributed by atoms with Gasteiger partial charge in [0.1, 0.15) is 11.3 Å². The lowest BCUT2D eigenvalue weighted by molar-refractivity contribution is 0.410. The topological polar surface area (TPSA) is 41.8 Å². The molecule has 0 spiro atoms. The first-order chi connectivity index (χ1) is 21.8. The second-order valence-electron chi connectivity index (χ2n) is 15.0. The molecule has 0 radical (unpaired) electrons. The highest BCUT2D eigenvalue weighted by Crippen LogP contribution is 2.40. The fraction of sp³-hybridized carbons (Fsp3) is 0.439. The van der Waals surface area contributed by atoms with Gasteiger partial charge in [-0.25, -0.2) is 9.37 Å². The minimum Gasteiger partial charge on any atom is -0.461 e. The van der Waals surface area contributed by atoms with E-state index in [0.29, 0.717) is 34.8 Å². The van der Waals surface area contributed by atoms with Crippen molar-refractivity contribution >= 4 is 43.4 Å². The molecule has 3 atom stereocenters. The molecule has 46 heavy (non-hydrogen) atoms. The minimum atomic E-state index is -0.358. The zero-order valence-corrected chi connectivity index (χ0v) is 29.7. The van der Waals surface area contributed by atoms with E-state index in [1.165, 1.54) is 20.8 Å². The first-order valence-electron chi connectivity index (χ1n) is 17.1. The van der Waals surface area contributed by atoms with Crippen molar-refractivity contribution in [2.24, 2.45) is 0 Å². The van der Waals surface area contributed by atoms with Gasteiger partial charge in [0.15, 0.2) is 5.82 Å². The van der Waals surface area contributed by atoms with Gasteiger partial charge in [0.25, 0.3) is 0 Å². The predicted octanol–water partition coefficient (Wildman–Crippen LogP) is 13.1. The van der Waals surface area contributed by atoms with Crippen LogP contribution in [0.5, 0.6) is 0 Å². The summed E-state index contributed by atoms with van der Waals surface area (Å²) in [6.07, 6.45) is 2.97. The molecule has 0 aliphatic carbocycles. The van der Waals surface area contributed by atoms with Crippen LogP contribution in [0.1, 0.15) is 144 Å². The van der Waals surface area contributed by atoms with Crippen LogP contribution in [-0.2, 0) is 5.41 Å². The molecular weight excluding hydrogens is 588 g/mol. The summed E-state index contributed by atoms with van der Waals surface area (Å²) in [5, 5.41) is 3.05. The Hall–Kier alpha value is -3.44. The van der Waals surface area contributed by atoms with E-state index in [4.69, 9.17) is 9.40 Å². The summed E-state index contributed by atoms with van der Waals surface area (Å²) in [6.45, 7) is 19.8. The molecule has 3 heterocycles. The smallest absolute Gasteiger partial charge is 0.152 e. The van der Waals surface area contributed by atoms with Gasteiger partial charge in [0, 0.05) is 33.5 Å². The molecule has 3 aromatic heterocycles. The Bertz CT molecular complexity index is 1990. The van der Waals surface area contributed by atoms with Gasteiger partial charge in [0.05, 0.1) is 20.9 Å². The van der Waals surface area contributed by atoms with Crippen molar-refractivity contribution in [2.75, 3.05) is 0 Å². The van der Waals surface area contributed by atoms with Crippen LogP contribution in [0.2, 0.25) is 0 Å². The van der Waals surface area contributed by atoms with Crippen molar-refractivity contribution < 1.29 is 8.81 Å². The molecule has 0 aliphatic heterocycles. The predicted molar refractivity (Wildman–Crippen MR) is 194 cm³/mol. The van der Waals surface area contributed by atoms with Crippen LogP contribution >= 0.6 is 11.3 Å². The number of halogens is 1. The summed E-state index contributed by atoms with van der Waals surface area (Å²) >= 11 is 1.81. The Labute approximate surface area is 277 Å². The average molecular weight is 637 g/mol. The number of nitrogens with zero attached hydrogens (tertiary/aromatic N) is 1. The number of nitrogens with one attached hydrogen (secondary N) is 1. The molecule has 242 valence electrons. The zero-order valence-electron chi connectivity index (χ0n) is 28.9. The normalized spacial score (nSPS) is 14.7. The Balaban J connectivity index is 1.13. The van der Waals surface area contributed by atoms with E-state index >= 15 is 4.39 Å². The lowest BCUT2D eigenvalue weighted by Crippen LogP contribution is -2.22. The molecule has 0 saturated heterocycles. The van der Waals surface area contributed by atoms with E-state index in [9.17, 15) is 0 Å². The Morgan fingerprint density at radius 3 is 2.22 bits per heavy atom. The van der Waals surface area contributed by atoms with Crippen molar-refractivity contribution in [1.29, 1.82) is 0 Å². The van der Waals surface area contributed by atoms with E-state index in [1.807, 2.05) is 23.5 Å². The monoisotopic (exact) mass is 636 g/mol. The maximum atomic E-state index is 15.8. The summed E-state index contributed by atoms with van der Waals surface area (Å²) < 4.78 is 23.4. The molecule has 3 nitrogen and oxygen atoms in total. The standard InChI is InChI=1S/C41H49FN2OS/c1-23(2)28-12-15-33-32(19-28)38(42)39(43-33)41(8,9)22-27(7)29-13-16-35-31(18-29)21-36(45-35)26(6)11-10-25(5)30-14-17-37-34(20-30)44-40(46-37)24(3)4/h12-21,23-27,43H,10-11,22H2,1-9H3. The maximum Gasteiger partial charge on any atom is 0.152 e. The van der Waals surface area contributed by atoms with Crippen molar-refractivity contribution in [1.82, 2.24) is 9.97 Å². The Morgan fingerprint density at radius 1 is 0.783 bits per heavy atom. The molecule has 0 saturated carbocycles. The summed E-state index contributed by atoms with van der Waals surface area (Å²) in [5.74, 6) is 2.79. The second kappa shape index (κ2) is 12.6. The Morgan fingerprint density at radius 2 is 1.48 bits per heavy atom. The van der Waals surface area contributed by atoms with E-state index in [1.54, 1.807) is 0 Å². The van der Waals surface area contributed by atoms with Gasteiger partial charge in [0.2, 0.25) is 0 Å². The van der Waals surface area contributed by atoms with Crippen molar-refractivity contribution in [2.45, 2.75) is 117 Å². The highest BCUT2D eigenvalue weighted by molar-refractivity contribution is 7.18. The largest absolute Gasteiger partial charge is 0.461 e. The third-order valence-corrected chi connectivity index (χ3v) is 11.4. The highest BCUT2D eigenvalue weighted by Gasteiger charge is 2.30. The number of hydrogen-bond donors (Lipinski definition) is 1. The fourth-order valence-electron chi connectivity index (χ4n) is 6.94. The van der Waals surface area contributed by atoms with Crippen molar-refractivity contribution in [3.63, 3.8) is 0 Å². The lowest BCUT2D eigenvalue weighted by Gasteiger charge is -2.27. The van der Waals surface area contributed by atoms with Crippen LogP contribution in [-0.4, -0.2) is 9.97 Å². The Kier molecular flexibility index (Phi) is 8.93. The molecular formula is C41H49FN2OS. The quantitative estimate of drug-likeness (QED) is 0.154. The number of fused-ring (bicyclic) bond motifs is 3. The number of aromatic nitrogens is 2. The van der Waals surface area contributed by atoms with Gasteiger partial charge in [-0.2, -0.15) is 0 Å². The molecule has 3 aromatic carbocycles. The molecule has 0 aliphatic rings. The van der Waals surface area contributed by atoms with Crippen LogP contribution in [0, 0.1) is 5.82 Å². The first kappa shape index (κ1) is 32.5. The maximum absolute atomic E-state index is 15.8. The van der Waals surface area contributed by atoms with E-state index in [0.717, 1.165) is 52.6 Å². The average Bonchev–Trinajstić information content (AvgIpc) is 3.74. The van der Waals surface area contributed by atoms with Crippen LogP contribution in [0.4, 0.5) is 4.39 Å². The number of H-pyrrole nitrogens is 1. The molecule has 1 N–H and O–H groups in total. The molecule has 3 unspecified atom stereocenters. The van der Waals surface area contributed by atoms with Gasteiger partial charge in [-0.05, 0) is 96.2 Å². The van der Waals surface area contributed by atoms with Gasteiger partial charge in [-0.15, -0.1) is 11.3 Å². The molecule has 0 amide bonds. The minimum absolute atomic E-state index is 0.114. The molecule has 0 fully saturated rings. The number of aromatic amines is 1. The number of thiazole rings is 1. The van der Waals surface area contributed by atoms with Crippen LogP contribution < -0.4 is 0 Å². The summed E-state index contributed by atoms with van der Waals surface area (Å²) in [7, 11) is 0. The number of hydrogen-bond acceptors (Lipinski definition) is 3. The van der Waals surface area contributed by atoms with Gasteiger partial charge >= 0.3 is 0 Å². The van der Waals surface area contributed by atoms with Gasteiger partial charge < -0.3 is 9.40 Å². The molecule has 0 bridgehead atoms. The molecule has 5 heteroatoms. The third kappa shape index (κ3) is 6.40. The van der Waals surface area contributed by atoms with E-state index in [2.05, 4.69) is 116 Å². The number of benzene rings is 3. The van der Waals surface area contributed by atoms with Crippen molar-refractivity contribution in [3.05, 3.63) is 99.6 Å².